The van der Waals surface area contributed by atoms with Gasteiger partial charge in [0.1, 0.15) is 11.3 Å². The van der Waals surface area contributed by atoms with Crippen LogP contribution in [-0.4, -0.2) is 27.3 Å². The number of hydrogen-bond donors (Lipinski definition) is 3. The minimum Gasteiger partial charge on any atom is -0.507 e. The lowest BCUT2D eigenvalue weighted by Gasteiger charge is -2.00. The second-order valence-electron chi connectivity index (χ2n) is 4.44. The fraction of sp³-hybridized carbons (Fsp3) is 0.0667. The molecule has 0 aliphatic heterocycles. The fourth-order valence-corrected chi connectivity index (χ4v) is 1.73. The molecule has 0 bridgehead atoms. The van der Waals surface area contributed by atoms with Gasteiger partial charge in [0, 0.05) is 0 Å². The molecule has 0 saturated carbocycles. The van der Waals surface area contributed by atoms with Gasteiger partial charge >= 0.3 is 11.9 Å². The average Bonchev–Trinajstić information content (AvgIpc) is 2.47. The van der Waals surface area contributed by atoms with Gasteiger partial charge in [0.05, 0.1) is 17.8 Å². The number of carboxylic acids is 2. The molecule has 0 spiro atoms. The van der Waals surface area contributed by atoms with Gasteiger partial charge in [-0.25, -0.2) is 4.79 Å². The minimum absolute atomic E-state index is 0.0721. The van der Waals surface area contributed by atoms with Crippen LogP contribution in [-0.2, 0) is 11.2 Å². The summed E-state index contributed by atoms with van der Waals surface area (Å²) in [5.41, 5.74) is 1.17. The highest BCUT2D eigenvalue weighted by Crippen LogP contribution is 2.25. The summed E-state index contributed by atoms with van der Waals surface area (Å²) < 4.78 is 0. The molecule has 3 N–H and O–H groups in total. The molecule has 2 aromatic carbocycles. The lowest BCUT2D eigenvalue weighted by atomic mass is 10.1. The first-order valence-corrected chi connectivity index (χ1v) is 6.24. The second-order valence-corrected chi connectivity index (χ2v) is 4.44. The van der Waals surface area contributed by atoms with E-state index < -0.39 is 11.9 Å². The molecule has 0 aliphatic rings. The highest BCUT2D eigenvalue weighted by atomic mass is 16.4. The molecular weight excluding hydrogens is 288 g/mol. The Balaban J connectivity index is 2.16. The van der Waals surface area contributed by atoms with Crippen molar-refractivity contribution < 1.29 is 24.9 Å². The molecular formula is C15H12N2O5. The van der Waals surface area contributed by atoms with E-state index in [0.717, 1.165) is 0 Å². The Bertz CT molecular complexity index is 738. The molecule has 2 rings (SSSR count). The van der Waals surface area contributed by atoms with Crippen LogP contribution in [0.4, 0.5) is 11.4 Å². The standard InChI is InChI=1S/C15H12N2O5/c18-13-6-5-11(8-12(13)15(21)22)17-16-10-3-1-9(2-4-10)7-14(19)20/h1-6,8,18H,7H2,(H,19,20)(H,21,22)/b17-16+. The number of nitrogens with zero attached hydrogens (tertiary/aromatic N) is 2. The second kappa shape index (κ2) is 6.49. The van der Waals surface area contributed by atoms with Gasteiger partial charge in [-0.3, -0.25) is 4.79 Å². The molecule has 0 amide bonds. The number of phenols is 1. The van der Waals surface area contributed by atoms with Crippen LogP contribution in [0.1, 0.15) is 15.9 Å². The highest BCUT2D eigenvalue weighted by Gasteiger charge is 2.09. The predicted molar refractivity (Wildman–Crippen MR) is 77.0 cm³/mol. The van der Waals surface area contributed by atoms with E-state index in [0.29, 0.717) is 11.3 Å². The van der Waals surface area contributed by atoms with Gasteiger partial charge < -0.3 is 15.3 Å². The molecule has 7 nitrogen and oxygen atoms in total. The third-order valence-corrected chi connectivity index (χ3v) is 2.78. The Kier molecular flexibility index (Phi) is 4.47. The van der Waals surface area contributed by atoms with Crippen molar-refractivity contribution in [2.75, 3.05) is 0 Å². The zero-order valence-electron chi connectivity index (χ0n) is 11.3. The summed E-state index contributed by atoms with van der Waals surface area (Å²) in [6.45, 7) is 0. The van der Waals surface area contributed by atoms with Crippen LogP contribution in [0, 0.1) is 0 Å². The van der Waals surface area contributed by atoms with Gasteiger partial charge in [0.25, 0.3) is 0 Å². The maximum atomic E-state index is 10.9. The van der Waals surface area contributed by atoms with Gasteiger partial charge in [-0.1, -0.05) is 12.1 Å². The quantitative estimate of drug-likeness (QED) is 0.733. The van der Waals surface area contributed by atoms with Gasteiger partial charge in [0.2, 0.25) is 0 Å². The Morgan fingerprint density at radius 2 is 1.50 bits per heavy atom. The van der Waals surface area contributed by atoms with Gasteiger partial charge in [-0.2, -0.15) is 10.2 Å². The third kappa shape index (κ3) is 3.89. The van der Waals surface area contributed by atoms with E-state index in [1.54, 1.807) is 24.3 Å². The Morgan fingerprint density at radius 3 is 2.09 bits per heavy atom. The fourth-order valence-electron chi connectivity index (χ4n) is 1.73. The minimum atomic E-state index is -1.26. The topological polar surface area (TPSA) is 120 Å². The molecule has 0 fully saturated rings. The van der Waals surface area contributed by atoms with Crippen molar-refractivity contribution in [3.63, 3.8) is 0 Å². The summed E-state index contributed by atoms with van der Waals surface area (Å²) in [6, 6.07) is 10.3. The molecule has 7 heteroatoms. The smallest absolute Gasteiger partial charge is 0.339 e. The molecule has 0 aromatic heterocycles. The highest BCUT2D eigenvalue weighted by molar-refractivity contribution is 5.91. The molecule has 0 unspecified atom stereocenters. The summed E-state index contributed by atoms with van der Waals surface area (Å²) in [6.07, 6.45) is -0.0721. The Hall–Kier alpha value is -3.22. The summed E-state index contributed by atoms with van der Waals surface area (Å²) in [5, 5.41) is 34.8. The van der Waals surface area contributed by atoms with Crippen LogP contribution in [0.2, 0.25) is 0 Å². The van der Waals surface area contributed by atoms with E-state index in [4.69, 9.17) is 10.2 Å². The maximum absolute atomic E-state index is 10.9. The van der Waals surface area contributed by atoms with E-state index >= 15 is 0 Å². The molecule has 0 aliphatic carbocycles. The Labute approximate surface area is 125 Å². The number of azo groups is 1. The molecule has 0 atom stereocenters. The monoisotopic (exact) mass is 300 g/mol. The summed E-state index contributed by atoms with van der Waals surface area (Å²) in [5.74, 6) is -2.52. The van der Waals surface area contributed by atoms with Crippen molar-refractivity contribution >= 4 is 23.3 Å². The van der Waals surface area contributed by atoms with Crippen LogP contribution < -0.4 is 0 Å². The maximum Gasteiger partial charge on any atom is 0.339 e. The van der Waals surface area contributed by atoms with E-state index in [1.165, 1.54) is 18.2 Å². The van der Waals surface area contributed by atoms with Crippen LogP contribution in [0.5, 0.6) is 5.75 Å². The van der Waals surface area contributed by atoms with Crippen molar-refractivity contribution in [2.24, 2.45) is 10.2 Å². The molecule has 2 aromatic rings. The van der Waals surface area contributed by atoms with Gasteiger partial charge in [-0.15, -0.1) is 0 Å². The van der Waals surface area contributed by atoms with E-state index in [1.807, 2.05) is 0 Å². The normalized spacial score (nSPS) is 10.7. The number of hydrogen-bond acceptors (Lipinski definition) is 5. The number of carboxylic acid groups (broad SMARTS) is 2. The molecule has 22 heavy (non-hydrogen) atoms. The average molecular weight is 300 g/mol. The molecule has 0 saturated heterocycles. The summed E-state index contributed by atoms with van der Waals surface area (Å²) >= 11 is 0. The number of aromatic hydroxyl groups is 1. The van der Waals surface area contributed by atoms with Crippen molar-refractivity contribution in [1.82, 2.24) is 0 Å². The van der Waals surface area contributed by atoms with Crippen molar-refractivity contribution in [3.8, 4) is 5.75 Å². The Morgan fingerprint density at radius 1 is 0.909 bits per heavy atom. The zero-order chi connectivity index (χ0) is 16.1. The SMILES string of the molecule is O=C(O)Cc1ccc(/N=N/c2ccc(O)c(C(=O)O)c2)cc1. The lowest BCUT2D eigenvalue weighted by molar-refractivity contribution is -0.136. The number of aromatic carboxylic acids is 1. The van der Waals surface area contributed by atoms with E-state index in [2.05, 4.69) is 10.2 Å². The largest absolute Gasteiger partial charge is 0.507 e. The van der Waals surface area contributed by atoms with E-state index in [-0.39, 0.29) is 23.4 Å². The van der Waals surface area contributed by atoms with E-state index in [9.17, 15) is 14.7 Å². The summed E-state index contributed by atoms with van der Waals surface area (Å²) in [4.78, 5) is 21.5. The predicted octanol–water partition coefficient (Wildman–Crippen LogP) is 3.13. The number of aliphatic carboxylic acids is 1. The van der Waals surface area contributed by atoms with Crippen LogP contribution >= 0.6 is 0 Å². The lowest BCUT2D eigenvalue weighted by Crippen LogP contribution is -1.99. The van der Waals surface area contributed by atoms with Crippen LogP contribution in [0.15, 0.2) is 52.7 Å². The van der Waals surface area contributed by atoms with Crippen molar-refractivity contribution in [2.45, 2.75) is 6.42 Å². The number of benzene rings is 2. The number of carbonyl (C=O) groups is 2. The van der Waals surface area contributed by atoms with Gasteiger partial charge in [0.15, 0.2) is 0 Å². The van der Waals surface area contributed by atoms with Crippen molar-refractivity contribution in [1.29, 1.82) is 0 Å². The first-order chi connectivity index (χ1) is 10.5. The zero-order valence-corrected chi connectivity index (χ0v) is 11.3. The molecule has 112 valence electrons. The summed E-state index contributed by atoms with van der Waals surface area (Å²) in [7, 11) is 0. The van der Waals surface area contributed by atoms with Crippen LogP contribution in [0.25, 0.3) is 0 Å². The molecule has 0 heterocycles. The number of rotatable bonds is 5. The first-order valence-electron chi connectivity index (χ1n) is 6.24. The first kappa shape index (κ1) is 15.2. The van der Waals surface area contributed by atoms with Crippen molar-refractivity contribution in [3.05, 3.63) is 53.6 Å². The molecule has 0 radical (unpaired) electrons. The third-order valence-electron chi connectivity index (χ3n) is 2.78. The van der Waals surface area contributed by atoms with Crippen LogP contribution in [0.3, 0.4) is 0 Å². The van der Waals surface area contributed by atoms with Gasteiger partial charge in [-0.05, 0) is 35.9 Å².